The molecule has 1 N–H and O–H groups in total. The van der Waals surface area contributed by atoms with E-state index in [9.17, 15) is 9.59 Å². The second-order valence-corrected chi connectivity index (χ2v) is 3.63. The van der Waals surface area contributed by atoms with Gasteiger partial charge in [0.15, 0.2) is 11.8 Å². The normalized spacial score (nSPS) is 17.9. The molecule has 1 aliphatic heterocycles. The molecule has 16 heavy (non-hydrogen) atoms. The van der Waals surface area contributed by atoms with Gasteiger partial charge in [0, 0.05) is 5.11 Å². The summed E-state index contributed by atoms with van der Waals surface area (Å²) < 4.78 is 0. The quantitative estimate of drug-likeness (QED) is 0.282. The van der Waals surface area contributed by atoms with Gasteiger partial charge in [0.05, 0.1) is 5.41 Å². The number of nitrogens with one attached hydrogen (secondary N) is 1. The average Bonchev–Trinajstić information content (AvgIpc) is 2.14. The first-order chi connectivity index (χ1) is 7.06. The Bertz CT molecular complexity index is 323. The Kier molecular flexibility index (Phi) is 6.10. The average molecular weight is 246 g/mol. The summed E-state index contributed by atoms with van der Waals surface area (Å²) in [4.78, 5) is 23.4. The number of nitrogens with zero attached hydrogens (tertiary/aromatic N) is 1. The third kappa shape index (κ3) is 2.79. The second kappa shape index (κ2) is 6.30. The van der Waals surface area contributed by atoms with E-state index < -0.39 is 17.2 Å². The summed E-state index contributed by atoms with van der Waals surface area (Å²) in [6.07, 6.45) is 3.50. The Labute approximate surface area is 122 Å². The molecule has 0 aromatic rings. The zero-order valence-corrected chi connectivity index (χ0v) is 12.0. The van der Waals surface area contributed by atoms with Gasteiger partial charge in [-0.05, 0) is 12.8 Å². The van der Waals surface area contributed by atoms with Crippen molar-refractivity contribution in [2.45, 2.75) is 12.8 Å². The number of hydrogen-bond donors (Lipinski definition) is 1. The van der Waals surface area contributed by atoms with Crippen molar-refractivity contribution in [2.24, 2.45) is 5.41 Å². The minimum absolute atomic E-state index is 0. The van der Waals surface area contributed by atoms with Gasteiger partial charge in [-0.15, -0.1) is 13.2 Å². The van der Waals surface area contributed by atoms with Crippen LogP contribution in [0.4, 0.5) is 0 Å². The van der Waals surface area contributed by atoms with E-state index in [-0.39, 0.29) is 47.5 Å². The molecule has 1 aliphatic rings. The van der Waals surface area contributed by atoms with E-state index in [1.807, 2.05) is 0 Å². The van der Waals surface area contributed by atoms with Gasteiger partial charge in [-0.2, -0.15) is 0 Å². The van der Waals surface area contributed by atoms with Gasteiger partial charge < -0.3 is 10.6 Å². The maximum Gasteiger partial charge on any atom is 1.00 e. The summed E-state index contributed by atoms with van der Waals surface area (Å²) in [6.45, 7) is 7.06. The molecule has 1 rings (SSSR count). The molecule has 1 fully saturated rings. The van der Waals surface area contributed by atoms with E-state index in [4.69, 9.17) is 0 Å². The van der Waals surface area contributed by atoms with Gasteiger partial charge >= 0.3 is 29.6 Å². The van der Waals surface area contributed by atoms with Crippen LogP contribution in [0.3, 0.4) is 0 Å². The molecule has 80 valence electrons. The maximum absolute atomic E-state index is 11.7. The van der Waals surface area contributed by atoms with Crippen molar-refractivity contribution in [3.63, 3.8) is 0 Å². The van der Waals surface area contributed by atoms with Crippen LogP contribution in [0.25, 0.3) is 5.32 Å². The zero-order valence-electron chi connectivity index (χ0n) is 9.16. The topological polar surface area (TPSA) is 60.3 Å². The second-order valence-electron chi connectivity index (χ2n) is 3.24. The molecule has 0 saturated carbocycles. The maximum atomic E-state index is 11.7. The molecule has 1 heterocycles. The molecular formula is C10H11N2NaO2S. The number of thiocarbonyl (C=S) groups is 1. The number of hydrogen-bond acceptors (Lipinski definition) is 3. The van der Waals surface area contributed by atoms with Gasteiger partial charge in [-0.25, -0.2) is 0 Å². The standard InChI is InChI=1S/C10H12N2O2S.Na/c1-3-5-10(6-4-2)7(13)11-9(15)12-8(10)14;/h3-4H,1-2,5-6H2,(H2,11,12,13,14,15);/q;+1/p-1. The van der Waals surface area contributed by atoms with Crippen molar-refractivity contribution < 1.29 is 39.1 Å². The van der Waals surface area contributed by atoms with Crippen LogP contribution >= 0.6 is 12.2 Å². The van der Waals surface area contributed by atoms with Crippen LogP contribution in [0.15, 0.2) is 25.3 Å². The molecule has 0 atom stereocenters. The molecule has 0 spiro atoms. The molecule has 0 aromatic carbocycles. The van der Waals surface area contributed by atoms with Crippen LogP contribution in [0, 0.1) is 5.41 Å². The van der Waals surface area contributed by atoms with E-state index >= 15 is 0 Å². The smallest absolute Gasteiger partial charge is 0.418 e. The van der Waals surface area contributed by atoms with Crippen LogP contribution in [-0.4, -0.2) is 16.9 Å². The minimum atomic E-state index is -1.20. The van der Waals surface area contributed by atoms with Crippen LogP contribution < -0.4 is 34.9 Å². The molecule has 4 nitrogen and oxygen atoms in total. The van der Waals surface area contributed by atoms with Gasteiger partial charge in [-0.3, -0.25) is 9.59 Å². The van der Waals surface area contributed by atoms with Gasteiger partial charge in [0.2, 0.25) is 0 Å². The van der Waals surface area contributed by atoms with Crippen LogP contribution in [0.5, 0.6) is 0 Å². The predicted molar refractivity (Wildman–Crippen MR) is 61.2 cm³/mol. The summed E-state index contributed by atoms with van der Waals surface area (Å²) in [5.74, 6) is -0.941. The van der Waals surface area contributed by atoms with E-state index in [2.05, 4.69) is 36.0 Å². The van der Waals surface area contributed by atoms with Gasteiger partial charge in [0.1, 0.15) is 0 Å². The third-order valence-corrected chi connectivity index (χ3v) is 2.45. The number of carbonyl (C=O) groups is 2. The van der Waals surface area contributed by atoms with Gasteiger partial charge in [0.25, 0.3) is 0 Å². The monoisotopic (exact) mass is 246 g/mol. The first kappa shape index (κ1) is 15.5. The molecule has 0 unspecified atom stereocenters. The first-order valence-electron chi connectivity index (χ1n) is 4.40. The molecule has 0 bridgehead atoms. The first-order valence-corrected chi connectivity index (χ1v) is 4.81. The van der Waals surface area contributed by atoms with Crippen molar-refractivity contribution in [2.75, 3.05) is 0 Å². The molecule has 0 aliphatic carbocycles. The third-order valence-electron chi connectivity index (χ3n) is 2.25. The van der Waals surface area contributed by atoms with E-state index in [0.29, 0.717) is 0 Å². The molecule has 6 heteroatoms. The molecule has 0 radical (unpaired) electrons. The Morgan fingerprint density at radius 1 is 1.31 bits per heavy atom. The Balaban J connectivity index is 0.00000225. The zero-order chi connectivity index (χ0) is 11.5. The van der Waals surface area contributed by atoms with Crippen molar-refractivity contribution in [1.82, 2.24) is 5.32 Å². The largest absolute Gasteiger partial charge is 1.00 e. The number of rotatable bonds is 4. The minimum Gasteiger partial charge on any atom is -0.418 e. The molecular weight excluding hydrogens is 235 g/mol. The van der Waals surface area contributed by atoms with Crippen molar-refractivity contribution in [3.8, 4) is 0 Å². The summed E-state index contributed by atoms with van der Waals surface area (Å²) in [7, 11) is 0. The summed E-state index contributed by atoms with van der Waals surface area (Å²) in [6, 6.07) is 0. The van der Waals surface area contributed by atoms with Crippen LogP contribution in [-0.2, 0) is 9.59 Å². The predicted octanol–water partition coefficient (Wildman–Crippen LogP) is -1.56. The number of carbonyl (C=O) groups excluding carboxylic acids is 2. The van der Waals surface area contributed by atoms with E-state index in [1.54, 1.807) is 0 Å². The fraction of sp³-hybridized carbons (Fsp3) is 0.300. The Morgan fingerprint density at radius 2 is 1.81 bits per heavy atom. The van der Waals surface area contributed by atoms with Crippen molar-refractivity contribution in [1.29, 1.82) is 0 Å². The van der Waals surface area contributed by atoms with Gasteiger partial charge in [-0.1, -0.05) is 24.4 Å². The number of amides is 2. The summed E-state index contributed by atoms with van der Waals surface area (Å²) in [5, 5.41) is 5.89. The fourth-order valence-corrected chi connectivity index (χ4v) is 1.65. The SMILES string of the molecule is C=CCC1(CC=C)C(=O)[N-]C(=S)NC1=O.[Na+]. The molecule has 2 amide bonds. The van der Waals surface area contributed by atoms with Crippen LogP contribution in [0.1, 0.15) is 12.8 Å². The Hall–Kier alpha value is -0.490. The van der Waals surface area contributed by atoms with Crippen LogP contribution in [0.2, 0.25) is 0 Å². The summed E-state index contributed by atoms with van der Waals surface area (Å²) in [5.41, 5.74) is -1.20. The van der Waals surface area contributed by atoms with Crippen molar-refractivity contribution >= 4 is 29.1 Å². The Morgan fingerprint density at radius 3 is 2.19 bits per heavy atom. The summed E-state index contributed by atoms with van der Waals surface area (Å²) >= 11 is 4.66. The van der Waals surface area contributed by atoms with Crippen molar-refractivity contribution in [3.05, 3.63) is 30.6 Å². The van der Waals surface area contributed by atoms with E-state index in [0.717, 1.165) is 0 Å². The fourth-order valence-electron chi connectivity index (χ4n) is 1.48. The van der Waals surface area contributed by atoms with E-state index in [1.165, 1.54) is 12.2 Å². The molecule has 1 saturated heterocycles. The molecule has 0 aromatic heterocycles. The number of allylic oxidation sites excluding steroid dienone is 2.